The maximum absolute atomic E-state index is 13.6. The second kappa shape index (κ2) is 10.7. The van der Waals surface area contributed by atoms with Crippen LogP contribution in [0.25, 0.3) is 5.76 Å². The van der Waals surface area contributed by atoms with Crippen LogP contribution in [0, 0.1) is 12.7 Å². The van der Waals surface area contributed by atoms with Crippen LogP contribution < -0.4 is 4.74 Å². The largest absolute Gasteiger partial charge is 0.507 e. The summed E-state index contributed by atoms with van der Waals surface area (Å²) in [5.41, 5.74) is 3.11. The van der Waals surface area contributed by atoms with Gasteiger partial charge in [0, 0.05) is 18.7 Å². The number of hydrogen-bond acceptors (Lipinski definition) is 5. The average molecular weight is 489 g/mol. The van der Waals surface area contributed by atoms with Crippen LogP contribution in [0.2, 0.25) is 0 Å². The second-order valence-electron chi connectivity index (χ2n) is 9.15. The van der Waals surface area contributed by atoms with Gasteiger partial charge in [0.15, 0.2) is 0 Å². The molecule has 1 aliphatic rings. The van der Waals surface area contributed by atoms with Gasteiger partial charge >= 0.3 is 0 Å². The number of aliphatic hydroxyl groups excluding tert-OH is 1. The zero-order valence-electron chi connectivity index (χ0n) is 20.6. The molecule has 0 aromatic heterocycles. The van der Waals surface area contributed by atoms with Gasteiger partial charge in [0.2, 0.25) is 0 Å². The highest BCUT2D eigenvalue weighted by atomic mass is 19.1. The molecule has 0 aliphatic carbocycles. The highest BCUT2D eigenvalue weighted by Crippen LogP contribution is 2.39. The summed E-state index contributed by atoms with van der Waals surface area (Å²) in [4.78, 5) is 29.3. The fourth-order valence-corrected chi connectivity index (χ4v) is 4.24. The first-order valence-electron chi connectivity index (χ1n) is 11.7. The van der Waals surface area contributed by atoms with Crippen LogP contribution in [0.4, 0.5) is 4.39 Å². The minimum Gasteiger partial charge on any atom is -0.507 e. The Morgan fingerprint density at radius 3 is 2.36 bits per heavy atom. The monoisotopic (exact) mass is 488 g/mol. The molecule has 1 amide bonds. The molecule has 4 rings (SSSR count). The van der Waals surface area contributed by atoms with Crippen molar-refractivity contribution in [3.8, 4) is 5.75 Å². The molecule has 7 heteroatoms. The van der Waals surface area contributed by atoms with Gasteiger partial charge in [-0.3, -0.25) is 9.59 Å². The van der Waals surface area contributed by atoms with E-state index >= 15 is 0 Å². The molecule has 1 fully saturated rings. The predicted molar refractivity (Wildman–Crippen MR) is 136 cm³/mol. The minimum atomic E-state index is -0.817. The van der Waals surface area contributed by atoms with Crippen molar-refractivity contribution in [1.29, 1.82) is 0 Å². The number of halogens is 1. The fourth-order valence-electron chi connectivity index (χ4n) is 4.24. The van der Waals surface area contributed by atoms with Crippen LogP contribution in [0.3, 0.4) is 0 Å². The number of aliphatic hydroxyl groups is 1. The Labute approximate surface area is 210 Å². The van der Waals surface area contributed by atoms with E-state index in [-0.39, 0.29) is 17.9 Å². The lowest BCUT2D eigenvalue weighted by Gasteiger charge is -2.26. The number of aryl methyl sites for hydroxylation is 1. The third-order valence-electron chi connectivity index (χ3n) is 6.13. The van der Waals surface area contributed by atoms with Crippen LogP contribution in [0.5, 0.6) is 5.75 Å². The molecule has 0 radical (unpaired) electrons. The number of amides is 1. The molecular weight excluding hydrogens is 459 g/mol. The lowest BCUT2D eigenvalue weighted by molar-refractivity contribution is -0.140. The van der Waals surface area contributed by atoms with Crippen LogP contribution in [-0.2, 0) is 16.2 Å². The van der Waals surface area contributed by atoms with E-state index < -0.39 is 23.5 Å². The molecule has 0 unspecified atom stereocenters. The van der Waals surface area contributed by atoms with Crippen molar-refractivity contribution in [2.45, 2.75) is 19.6 Å². The van der Waals surface area contributed by atoms with Crippen molar-refractivity contribution in [3.05, 3.63) is 106 Å². The van der Waals surface area contributed by atoms with Crippen molar-refractivity contribution in [2.75, 3.05) is 27.2 Å². The molecule has 1 saturated heterocycles. The van der Waals surface area contributed by atoms with Crippen LogP contribution >= 0.6 is 0 Å². The topological polar surface area (TPSA) is 70.1 Å². The first-order chi connectivity index (χ1) is 17.2. The number of rotatable bonds is 8. The summed E-state index contributed by atoms with van der Waals surface area (Å²) < 4.78 is 19.5. The smallest absolute Gasteiger partial charge is 0.295 e. The zero-order valence-corrected chi connectivity index (χ0v) is 20.6. The summed E-state index contributed by atoms with van der Waals surface area (Å²) in [5, 5.41) is 11.2. The zero-order chi connectivity index (χ0) is 25.8. The van der Waals surface area contributed by atoms with E-state index in [0.29, 0.717) is 30.0 Å². The van der Waals surface area contributed by atoms with Gasteiger partial charge in [-0.25, -0.2) is 4.39 Å². The summed E-state index contributed by atoms with van der Waals surface area (Å²) in [7, 11) is 3.73. The number of likely N-dealkylation sites (N-methyl/N-ethyl adjacent to an activating group) is 1. The normalized spacial score (nSPS) is 17.1. The summed E-state index contributed by atoms with van der Waals surface area (Å²) >= 11 is 0. The number of nitrogens with zero attached hydrogens (tertiary/aromatic N) is 2. The number of benzene rings is 3. The molecule has 6 nitrogen and oxygen atoms in total. The number of carbonyl (C=O) groups excluding carboxylic acids is 2. The van der Waals surface area contributed by atoms with Crippen molar-refractivity contribution >= 4 is 17.4 Å². The number of Topliss-reactive ketones (excluding diaryl/α,β-unsaturated/α-hetero) is 1. The summed E-state index contributed by atoms with van der Waals surface area (Å²) in [6, 6.07) is 19.5. The summed E-state index contributed by atoms with van der Waals surface area (Å²) in [6.45, 7) is 3.22. The lowest BCUT2D eigenvalue weighted by Crippen LogP contribution is -2.35. The van der Waals surface area contributed by atoms with E-state index in [1.54, 1.807) is 24.3 Å². The van der Waals surface area contributed by atoms with E-state index in [9.17, 15) is 19.1 Å². The molecule has 1 atom stereocenters. The number of ketones is 1. The van der Waals surface area contributed by atoms with Gasteiger partial charge in [-0.15, -0.1) is 0 Å². The first-order valence-corrected chi connectivity index (χ1v) is 11.7. The fraction of sp³-hybridized carbons (Fsp3) is 0.241. The third-order valence-corrected chi connectivity index (χ3v) is 6.13. The van der Waals surface area contributed by atoms with E-state index in [1.165, 1.54) is 29.2 Å². The molecule has 1 N–H and O–H groups in total. The van der Waals surface area contributed by atoms with Gasteiger partial charge in [-0.1, -0.05) is 42.0 Å². The molecule has 0 saturated carbocycles. The number of ether oxygens (including phenoxy) is 1. The van der Waals surface area contributed by atoms with E-state index in [4.69, 9.17) is 4.74 Å². The van der Waals surface area contributed by atoms with E-state index in [1.807, 2.05) is 50.2 Å². The molecule has 186 valence electrons. The minimum absolute atomic E-state index is 0.0150. The maximum atomic E-state index is 13.6. The number of hydrogen-bond donors (Lipinski definition) is 1. The maximum Gasteiger partial charge on any atom is 0.295 e. The number of carbonyl (C=O) groups is 2. The van der Waals surface area contributed by atoms with E-state index in [2.05, 4.69) is 0 Å². The van der Waals surface area contributed by atoms with Gasteiger partial charge in [0.25, 0.3) is 11.7 Å². The first kappa shape index (κ1) is 25.1. The molecule has 36 heavy (non-hydrogen) atoms. The van der Waals surface area contributed by atoms with Crippen molar-refractivity contribution < 1.29 is 23.8 Å². The summed E-state index contributed by atoms with van der Waals surface area (Å²) in [5.74, 6) is -1.55. The molecule has 0 bridgehead atoms. The molecule has 3 aromatic carbocycles. The standard InChI is InChI=1S/C29H29FN2O4/c1-19-5-4-6-20(17-19)18-36-24-13-9-22(10-14-24)27(33)25-26(21-7-11-23(30)12-8-21)32(16-15-31(2)3)29(35)28(25)34/h4-14,17,26,33H,15-16,18H2,1-3H3/b27-25+/t26-/m0/s1. The Morgan fingerprint density at radius 2 is 1.72 bits per heavy atom. The molecule has 0 spiro atoms. The molecule has 1 heterocycles. The van der Waals surface area contributed by atoms with Gasteiger partial charge in [0.05, 0.1) is 11.6 Å². The Kier molecular flexibility index (Phi) is 7.50. The van der Waals surface area contributed by atoms with Gasteiger partial charge < -0.3 is 19.6 Å². The predicted octanol–water partition coefficient (Wildman–Crippen LogP) is 4.70. The van der Waals surface area contributed by atoms with Crippen LogP contribution in [0.1, 0.15) is 28.3 Å². The second-order valence-corrected chi connectivity index (χ2v) is 9.15. The Balaban J connectivity index is 1.64. The highest BCUT2D eigenvalue weighted by molar-refractivity contribution is 6.46. The Morgan fingerprint density at radius 1 is 1.03 bits per heavy atom. The van der Waals surface area contributed by atoms with Gasteiger partial charge in [-0.2, -0.15) is 0 Å². The van der Waals surface area contributed by atoms with Crippen molar-refractivity contribution in [3.63, 3.8) is 0 Å². The van der Waals surface area contributed by atoms with Crippen molar-refractivity contribution in [1.82, 2.24) is 9.80 Å². The quantitative estimate of drug-likeness (QED) is 0.283. The van der Waals surface area contributed by atoms with Crippen LogP contribution in [-0.4, -0.2) is 53.8 Å². The SMILES string of the molecule is Cc1cccc(COc2ccc(/C(O)=C3\C(=O)C(=O)N(CCN(C)C)[C@H]3c3ccc(F)cc3)cc2)c1. The van der Waals surface area contributed by atoms with Crippen molar-refractivity contribution in [2.24, 2.45) is 0 Å². The summed E-state index contributed by atoms with van der Waals surface area (Å²) in [6.07, 6.45) is 0. The molecule has 1 aliphatic heterocycles. The molecule has 3 aromatic rings. The van der Waals surface area contributed by atoms with Crippen LogP contribution in [0.15, 0.2) is 78.4 Å². The third kappa shape index (κ3) is 5.47. The van der Waals surface area contributed by atoms with Gasteiger partial charge in [0.1, 0.15) is 23.9 Å². The molecular formula is C29H29FN2O4. The van der Waals surface area contributed by atoms with Gasteiger partial charge in [-0.05, 0) is 68.5 Å². The highest BCUT2D eigenvalue weighted by Gasteiger charge is 2.45. The Bertz CT molecular complexity index is 1280. The van der Waals surface area contributed by atoms with E-state index in [0.717, 1.165) is 11.1 Å². The average Bonchev–Trinajstić information content (AvgIpc) is 3.11. The lowest BCUT2D eigenvalue weighted by atomic mass is 9.95. The number of likely N-dealkylation sites (tertiary alicyclic amines) is 1. The Hall–Kier alpha value is -3.97.